The van der Waals surface area contributed by atoms with Gasteiger partial charge in [0.15, 0.2) is 6.61 Å². The number of nitrogens with one attached hydrogen (secondary N) is 1. The number of terminal acetylenes is 1. The Labute approximate surface area is 151 Å². The van der Waals surface area contributed by atoms with Crippen molar-refractivity contribution in [3.05, 3.63) is 33.9 Å². The van der Waals surface area contributed by atoms with Crippen LogP contribution in [0.2, 0.25) is 0 Å². The molecule has 1 aromatic rings. The van der Waals surface area contributed by atoms with Crippen molar-refractivity contribution in [3.63, 3.8) is 0 Å². The number of anilines is 1. The summed E-state index contributed by atoms with van der Waals surface area (Å²) in [6, 6.07) is 4.23. The highest BCUT2D eigenvalue weighted by Crippen LogP contribution is 2.32. The molecule has 0 spiro atoms. The minimum Gasteiger partial charge on any atom is -0.452 e. The first-order chi connectivity index (χ1) is 12.4. The van der Waals surface area contributed by atoms with Crippen LogP contribution in [0.3, 0.4) is 0 Å². The fourth-order valence-corrected chi connectivity index (χ4v) is 2.89. The van der Waals surface area contributed by atoms with Crippen molar-refractivity contribution in [3.8, 4) is 12.3 Å². The lowest BCUT2D eigenvalue weighted by atomic mass is 9.99. The fourth-order valence-electron chi connectivity index (χ4n) is 2.89. The third-order valence-corrected chi connectivity index (χ3v) is 4.13. The molecule has 26 heavy (non-hydrogen) atoms. The molecule has 1 saturated heterocycles. The first-order valence-corrected chi connectivity index (χ1v) is 8.33. The lowest BCUT2D eigenvalue weighted by molar-refractivity contribution is -0.384. The van der Waals surface area contributed by atoms with Crippen LogP contribution in [-0.2, 0) is 9.53 Å². The second-order valence-electron chi connectivity index (χ2n) is 6.21. The van der Waals surface area contributed by atoms with E-state index in [4.69, 9.17) is 11.2 Å². The summed E-state index contributed by atoms with van der Waals surface area (Å²) in [5.41, 5.74) is 0.366. The predicted molar refractivity (Wildman–Crippen MR) is 95.8 cm³/mol. The Morgan fingerprint density at radius 2 is 2.27 bits per heavy atom. The number of nitro benzene ring substituents is 1. The smallest absolute Gasteiger partial charge is 0.338 e. The van der Waals surface area contributed by atoms with Gasteiger partial charge in [0.05, 0.1) is 17.0 Å². The van der Waals surface area contributed by atoms with Gasteiger partial charge in [0, 0.05) is 19.2 Å². The van der Waals surface area contributed by atoms with E-state index in [2.05, 4.69) is 18.2 Å². The van der Waals surface area contributed by atoms with Gasteiger partial charge in [0.25, 0.3) is 11.6 Å². The largest absolute Gasteiger partial charge is 0.452 e. The Balaban J connectivity index is 2.12. The molecule has 0 aromatic heterocycles. The lowest BCUT2D eigenvalue weighted by Crippen LogP contribution is -2.34. The maximum Gasteiger partial charge on any atom is 0.338 e. The van der Waals surface area contributed by atoms with Gasteiger partial charge in [-0.1, -0.05) is 12.8 Å². The molecule has 1 heterocycles. The molecular weight excluding hydrogens is 338 g/mol. The number of piperidine rings is 1. The normalized spacial score (nSPS) is 16.5. The number of esters is 1. The van der Waals surface area contributed by atoms with E-state index in [-0.39, 0.29) is 17.8 Å². The second kappa shape index (κ2) is 8.85. The average Bonchev–Trinajstić information content (AvgIpc) is 2.63. The van der Waals surface area contributed by atoms with Crippen molar-refractivity contribution in [2.75, 3.05) is 31.1 Å². The summed E-state index contributed by atoms with van der Waals surface area (Å²) in [5.74, 6) is 1.34. The highest BCUT2D eigenvalue weighted by Gasteiger charge is 2.25. The molecular formula is C18H21N3O5. The minimum atomic E-state index is -0.803. The zero-order valence-electron chi connectivity index (χ0n) is 14.6. The molecule has 1 aliphatic rings. The summed E-state index contributed by atoms with van der Waals surface area (Å²) in [4.78, 5) is 36.4. The lowest BCUT2D eigenvalue weighted by Gasteiger charge is -2.32. The quantitative estimate of drug-likeness (QED) is 0.359. The molecule has 1 amide bonds. The summed E-state index contributed by atoms with van der Waals surface area (Å²) in [6.07, 6.45) is 7.07. The summed E-state index contributed by atoms with van der Waals surface area (Å²) in [7, 11) is 0. The zero-order valence-corrected chi connectivity index (χ0v) is 14.6. The Bertz CT molecular complexity index is 741. The SMILES string of the molecule is C#CCNC(=O)COC(=O)c1ccc(N2CCC[C@H](C)C2)c([N+](=O)[O-])c1. The van der Waals surface area contributed by atoms with Gasteiger partial charge in [0.2, 0.25) is 0 Å². The standard InChI is InChI=1S/C18H21N3O5/c1-3-8-19-17(22)12-26-18(23)14-6-7-15(16(10-14)21(24)25)20-9-4-5-13(2)11-20/h1,6-7,10,13H,4-5,8-9,11-12H2,2H3,(H,19,22)/t13-/m0/s1. The van der Waals surface area contributed by atoms with E-state index in [0.717, 1.165) is 25.9 Å². The van der Waals surface area contributed by atoms with E-state index in [0.29, 0.717) is 11.6 Å². The average molecular weight is 359 g/mol. The van der Waals surface area contributed by atoms with E-state index >= 15 is 0 Å². The maximum atomic E-state index is 12.1. The predicted octanol–water partition coefficient (Wildman–Crippen LogP) is 1.74. The van der Waals surface area contributed by atoms with Crippen molar-refractivity contribution in [1.29, 1.82) is 0 Å². The topological polar surface area (TPSA) is 102 Å². The number of hydrogen-bond acceptors (Lipinski definition) is 6. The second-order valence-corrected chi connectivity index (χ2v) is 6.21. The van der Waals surface area contributed by atoms with E-state index in [1.807, 2.05) is 4.90 Å². The third kappa shape index (κ3) is 4.96. The van der Waals surface area contributed by atoms with Gasteiger partial charge < -0.3 is 15.0 Å². The number of carbonyl (C=O) groups is 2. The van der Waals surface area contributed by atoms with Crippen molar-refractivity contribution in [2.45, 2.75) is 19.8 Å². The molecule has 1 aliphatic heterocycles. The van der Waals surface area contributed by atoms with Crippen LogP contribution in [-0.4, -0.2) is 43.0 Å². The minimum absolute atomic E-state index is 0.0234. The number of nitrogens with zero attached hydrogens (tertiary/aromatic N) is 2. The van der Waals surface area contributed by atoms with Gasteiger partial charge >= 0.3 is 5.97 Å². The van der Waals surface area contributed by atoms with Crippen LogP contribution in [0.4, 0.5) is 11.4 Å². The molecule has 8 heteroatoms. The number of rotatable bonds is 6. The molecule has 1 N–H and O–H groups in total. The Hall–Kier alpha value is -3.08. The highest BCUT2D eigenvalue weighted by atomic mass is 16.6. The molecule has 1 atom stereocenters. The van der Waals surface area contributed by atoms with Crippen LogP contribution >= 0.6 is 0 Å². The molecule has 8 nitrogen and oxygen atoms in total. The number of benzene rings is 1. The molecule has 0 radical (unpaired) electrons. The number of carbonyl (C=O) groups excluding carboxylic acids is 2. The molecule has 0 saturated carbocycles. The summed E-state index contributed by atoms with van der Waals surface area (Å²) < 4.78 is 4.87. The highest BCUT2D eigenvalue weighted by molar-refractivity contribution is 5.93. The maximum absolute atomic E-state index is 12.1. The van der Waals surface area contributed by atoms with Gasteiger partial charge in [-0.25, -0.2) is 4.79 Å². The van der Waals surface area contributed by atoms with Gasteiger partial charge in [-0.2, -0.15) is 0 Å². The molecule has 1 fully saturated rings. The van der Waals surface area contributed by atoms with Crippen molar-refractivity contribution < 1.29 is 19.2 Å². The van der Waals surface area contributed by atoms with Gasteiger partial charge in [-0.15, -0.1) is 6.42 Å². The summed E-state index contributed by atoms with van der Waals surface area (Å²) >= 11 is 0. The Kier molecular flexibility index (Phi) is 6.55. The van der Waals surface area contributed by atoms with E-state index in [9.17, 15) is 19.7 Å². The van der Waals surface area contributed by atoms with Crippen LogP contribution < -0.4 is 10.2 Å². The van der Waals surface area contributed by atoms with E-state index in [1.165, 1.54) is 12.1 Å². The fraction of sp³-hybridized carbons (Fsp3) is 0.444. The number of ether oxygens (including phenoxy) is 1. The summed E-state index contributed by atoms with van der Waals surface area (Å²) in [6.45, 7) is 3.11. The molecule has 2 rings (SSSR count). The van der Waals surface area contributed by atoms with Crippen molar-refractivity contribution in [1.82, 2.24) is 5.32 Å². The Morgan fingerprint density at radius 3 is 2.92 bits per heavy atom. The zero-order chi connectivity index (χ0) is 19.1. The van der Waals surface area contributed by atoms with Crippen LogP contribution in [0.1, 0.15) is 30.1 Å². The van der Waals surface area contributed by atoms with Crippen molar-refractivity contribution in [2.24, 2.45) is 5.92 Å². The van der Waals surface area contributed by atoms with Crippen LogP contribution in [0.25, 0.3) is 0 Å². The van der Waals surface area contributed by atoms with Gasteiger partial charge in [-0.3, -0.25) is 14.9 Å². The van der Waals surface area contributed by atoms with Gasteiger partial charge in [-0.05, 0) is 30.9 Å². The number of amides is 1. The number of hydrogen-bond donors (Lipinski definition) is 1. The van der Waals surface area contributed by atoms with E-state index < -0.39 is 23.4 Å². The van der Waals surface area contributed by atoms with Crippen molar-refractivity contribution >= 4 is 23.3 Å². The van der Waals surface area contributed by atoms with E-state index in [1.54, 1.807) is 6.07 Å². The van der Waals surface area contributed by atoms with Crippen LogP contribution in [0.15, 0.2) is 18.2 Å². The van der Waals surface area contributed by atoms with Crippen LogP contribution in [0, 0.1) is 28.4 Å². The first-order valence-electron chi connectivity index (χ1n) is 8.33. The molecule has 0 bridgehead atoms. The molecule has 1 aromatic carbocycles. The van der Waals surface area contributed by atoms with Gasteiger partial charge in [0.1, 0.15) is 5.69 Å². The Morgan fingerprint density at radius 1 is 1.50 bits per heavy atom. The molecule has 138 valence electrons. The third-order valence-electron chi connectivity index (χ3n) is 4.13. The first kappa shape index (κ1) is 19.2. The number of nitro groups is 1. The molecule has 0 aliphatic carbocycles. The monoisotopic (exact) mass is 359 g/mol. The summed E-state index contributed by atoms with van der Waals surface area (Å²) in [5, 5.41) is 13.8. The molecule has 0 unspecified atom stereocenters. The van der Waals surface area contributed by atoms with Crippen LogP contribution in [0.5, 0.6) is 0 Å².